The van der Waals surface area contributed by atoms with Crippen molar-refractivity contribution in [1.82, 2.24) is 9.97 Å². The van der Waals surface area contributed by atoms with Crippen LogP contribution in [0.25, 0.3) is 10.2 Å². The van der Waals surface area contributed by atoms with Gasteiger partial charge in [-0.1, -0.05) is 0 Å². The number of aromatic nitrogens is 2. The Balaban J connectivity index is 2.26. The molecule has 1 aliphatic rings. The van der Waals surface area contributed by atoms with Gasteiger partial charge in [0.15, 0.2) is 0 Å². The first-order valence-electron chi connectivity index (χ1n) is 4.24. The van der Waals surface area contributed by atoms with Crippen LogP contribution in [0.1, 0.15) is 24.3 Å². The molecule has 2 aromatic rings. The van der Waals surface area contributed by atoms with Crippen molar-refractivity contribution in [2.45, 2.75) is 18.8 Å². The zero-order valence-corrected chi connectivity index (χ0v) is 8.40. The number of rotatable bonds is 1. The molecular formula is C9H7ClN2S. The molecule has 66 valence electrons. The third-order valence-corrected chi connectivity index (χ3v) is 3.44. The summed E-state index contributed by atoms with van der Waals surface area (Å²) < 4.78 is 0. The van der Waals surface area contributed by atoms with Gasteiger partial charge in [-0.2, -0.15) is 0 Å². The highest BCUT2D eigenvalue weighted by molar-refractivity contribution is 7.16. The van der Waals surface area contributed by atoms with Crippen LogP contribution in [-0.4, -0.2) is 9.97 Å². The quantitative estimate of drug-likeness (QED) is 0.676. The molecule has 0 unspecified atom stereocenters. The van der Waals surface area contributed by atoms with E-state index < -0.39 is 0 Å². The topological polar surface area (TPSA) is 25.8 Å². The van der Waals surface area contributed by atoms with E-state index in [1.807, 2.05) is 6.20 Å². The summed E-state index contributed by atoms with van der Waals surface area (Å²) in [7, 11) is 0. The second kappa shape index (κ2) is 2.66. The largest absolute Gasteiger partial charge is 0.226 e. The van der Waals surface area contributed by atoms with Gasteiger partial charge in [0, 0.05) is 11.6 Å². The zero-order chi connectivity index (χ0) is 8.84. The van der Waals surface area contributed by atoms with Crippen LogP contribution < -0.4 is 0 Å². The molecule has 0 spiro atoms. The third-order valence-electron chi connectivity index (χ3n) is 2.35. The summed E-state index contributed by atoms with van der Waals surface area (Å²) in [6, 6.07) is 0. The van der Waals surface area contributed by atoms with Crippen LogP contribution in [0.5, 0.6) is 0 Å². The van der Waals surface area contributed by atoms with E-state index in [2.05, 4.69) is 15.3 Å². The lowest BCUT2D eigenvalue weighted by atomic mass is 10.2. The van der Waals surface area contributed by atoms with Gasteiger partial charge in [-0.15, -0.1) is 11.3 Å². The number of hydrogen-bond acceptors (Lipinski definition) is 3. The Morgan fingerprint density at radius 2 is 2.31 bits per heavy atom. The van der Waals surface area contributed by atoms with E-state index in [-0.39, 0.29) is 0 Å². The lowest BCUT2D eigenvalue weighted by molar-refractivity contribution is 1.15. The molecule has 0 aliphatic heterocycles. The second-order valence-corrected chi connectivity index (χ2v) is 4.52. The van der Waals surface area contributed by atoms with E-state index in [1.165, 1.54) is 23.8 Å². The van der Waals surface area contributed by atoms with Crippen LogP contribution >= 0.6 is 22.9 Å². The maximum atomic E-state index is 5.71. The van der Waals surface area contributed by atoms with E-state index >= 15 is 0 Å². The highest BCUT2D eigenvalue weighted by Gasteiger charge is 2.26. The highest BCUT2D eigenvalue weighted by atomic mass is 35.5. The summed E-state index contributed by atoms with van der Waals surface area (Å²) in [5, 5.41) is 3.72. The molecule has 0 saturated heterocycles. The molecular weight excluding hydrogens is 204 g/mol. The molecule has 1 saturated carbocycles. The number of halogens is 1. The minimum Gasteiger partial charge on any atom is -0.226 e. The molecule has 2 nitrogen and oxygen atoms in total. The highest BCUT2D eigenvalue weighted by Crippen LogP contribution is 2.44. The van der Waals surface area contributed by atoms with Crippen LogP contribution in [0.15, 0.2) is 11.6 Å². The molecule has 13 heavy (non-hydrogen) atoms. The van der Waals surface area contributed by atoms with Gasteiger partial charge in [-0.25, -0.2) is 9.97 Å². The molecule has 0 bridgehead atoms. The summed E-state index contributed by atoms with van der Waals surface area (Å²) in [6.07, 6.45) is 4.47. The Hall–Kier alpha value is -0.670. The molecule has 4 heteroatoms. The SMILES string of the molecule is Clc1ncc2c(C3CC3)csc2n1. The minimum atomic E-state index is 0.344. The Morgan fingerprint density at radius 1 is 1.46 bits per heavy atom. The molecule has 0 radical (unpaired) electrons. The molecule has 0 N–H and O–H groups in total. The van der Waals surface area contributed by atoms with E-state index in [0.29, 0.717) is 5.28 Å². The zero-order valence-electron chi connectivity index (χ0n) is 6.83. The van der Waals surface area contributed by atoms with Gasteiger partial charge in [-0.3, -0.25) is 0 Å². The predicted octanol–water partition coefficient (Wildman–Crippen LogP) is 3.22. The first kappa shape index (κ1) is 7.71. The number of hydrogen-bond donors (Lipinski definition) is 0. The van der Waals surface area contributed by atoms with Gasteiger partial charge in [0.2, 0.25) is 5.28 Å². The summed E-state index contributed by atoms with van der Waals surface area (Å²) in [6.45, 7) is 0. The van der Waals surface area contributed by atoms with Gasteiger partial charge < -0.3 is 0 Å². The lowest BCUT2D eigenvalue weighted by Crippen LogP contribution is -1.81. The predicted molar refractivity (Wildman–Crippen MR) is 54.4 cm³/mol. The molecule has 0 atom stereocenters. The molecule has 2 aromatic heterocycles. The van der Waals surface area contributed by atoms with Crippen LogP contribution in [0.2, 0.25) is 5.28 Å². The Kier molecular flexibility index (Phi) is 1.58. The van der Waals surface area contributed by atoms with Crippen molar-refractivity contribution >= 4 is 33.2 Å². The molecule has 0 amide bonds. The van der Waals surface area contributed by atoms with Crippen molar-refractivity contribution in [3.05, 3.63) is 22.4 Å². The number of nitrogens with zero attached hydrogens (tertiary/aromatic N) is 2. The van der Waals surface area contributed by atoms with Crippen LogP contribution in [0, 0.1) is 0 Å². The molecule has 1 aliphatic carbocycles. The standard InChI is InChI=1S/C9H7ClN2S/c10-9-11-3-6-7(5-1-2-5)4-13-8(6)12-9/h3-5H,1-2H2. The molecule has 2 heterocycles. The molecule has 3 rings (SSSR count). The van der Waals surface area contributed by atoms with Crippen molar-refractivity contribution in [3.63, 3.8) is 0 Å². The average molecular weight is 211 g/mol. The maximum absolute atomic E-state index is 5.71. The molecule has 0 aromatic carbocycles. The van der Waals surface area contributed by atoms with E-state index in [4.69, 9.17) is 11.6 Å². The summed E-state index contributed by atoms with van der Waals surface area (Å²) in [4.78, 5) is 9.21. The maximum Gasteiger partial charge on any atom is 0.223 e. The van der Waals surface area contributed by atoms with E-state index in [9.17, 15) is 0 Å². The third kappa shape index (κ3) is 1.23. The van der Waals surface area contributed by atoms with Gasteiger partial charge in [-0.05, 0) is 41.3 Å². The Bertz CT molecular complexity index is 462. The first-order valence-corrected chi connectivity index (χ1v) is 5.50. The monoisotopic (exact) mass is 210 g/mol. The van der Waals surface area contributed by atoms with Gasteiger partial charge in [0.1, 0.15) is 4.83 Å². The van der Waals surface area contributed by atoms with Gasteiger partial charge in [0.25, 0.3) is 0 Å². The average Bonchev–Trinajstić information content (AvgIpc) is 2.87. The van der Waals surface area contributed by atoms with Crippen molar-refractivity contribution in [2.24, 2.45) is 0 Å². The summed E-state index contributed by atoms with van der Waals surface area (Å²) >= 11 is 7.37. The summed E-state index contributed by atoms with van der Waals surface area (Å²) in [5.41, 5.74) is 1.41. The van der Waals surface area contributed by atoms with Crippen LogP contribution in [0.4, 0.5) is 0 Å². The fourth-order valence-corrected chi connectivity index (χ4v) is 2.71. The second-order valence-electron chi connectivity index (χ2n) is 3.32. The minimum absolute atomic E-state index is 0.344. The lowest BCUT2D eigenvalue weighted by Gasteiger charge is -1.93. The Labute approximate surface area is 84.6 Å². The van der Waals surface area contributed by atoms with Crippen LogP contribution in [-0.2, 0) is 0 Å². The van der Waals surface area contributed by atoms with Gasteiger partial charge >= 0.3 is 0 Å². The van der Waals surface area contributed by atoms with Crippen molar-refractivity contribution < 1.29 is 0 Å². The van der Waals surface area contributed by atoms with Crippen molar-refractivity contribution in [1.29, 1.82) is 0 Å². The van der Waals surface area contributed by atoms with E-state index in [1.54, 1.807) is 11.3 Å². The number of thiophene rings is 1. The number of fused-ring (bicyclic) bond motifs is 1. The fraction of sp³-hybridized carbons (Fsp3) is 0.333. The van der Waals surface area contributed by atoms with Crippen molar-refractivity contribution in [3.8, 4) is 0 Å². The normalized spacial score (nSPS) is 16.7. The smallest absolute Gasteiger partial charge is 0.223 e. The van der Waals surface area contributed by atoms with Gasteiger partial charge in [0.05, 0.1) is 0 Å². The first-order chi connectivity index (χ1) is 6.34. The van der Waals surface area contributed by atoms with Crippen molar-refractivity contribution in [2.75, 3.05) is 0 Å². The summed E-state index contributed by atoms with van der Waals surface area (Å²) in [5.74, 6) is 0.763. The fourth-order valence-electron chi connectivity index (χ4n) is 1.53. The van der Waals surface area contributed by atoms with E-state index in [0.717, 1.165) is 10.7 Å². The van der Waals surface area contributed by atoms with Crippen LogP contribution in [0.3, 0.4) is 0 Å². The molecule has 1 fully saturated rings. The Morgan fingerprint density at radius 3 is 3.08 bits per heavy atom.